The number of ether oxygens (including phenoxy) is 1. The number of primary amides is 1. The third kappa shape index (κ3) is 4.43. The van der Waals surface area contributed by atoms with Gasteiger partial charge >= 0.3 is 0 Å². The van der Waals surface area contributed by atoms with Gasteiger partial charge in [0.25, 0.3) is 0 Å². The number of pyridine rings is 1. The molecule has 2 atom stereocenters. The number of carbonyl (C=O) groups excluding carboxylic acids is 2. The summed E-state index contributed by atoms with van der Waals surface area (Å²) in [6.07, 6.45) is -0.189. The van der Waals surface area contributed by atoms with Crippen molar-refractivity contribution in [3.8, 4) is 23.1 Å². The van der Waals surface area contributed by atoms with E-state index in [1.54, 1.807) is 13.0 Å². The van der Waals surface area contributed by atoms with Gasteiger partial charge in [0, 0.05) is 23.1 Å². The van der Waals surface area contributed by atoms with Crippen LogP contribution in [0.25, 0.3) is 11.3 Å². The van der Waals surface area contributed by atoms with E-state index >= 15 is 0 Å². The smallest absolute Gasteiger partial charge is 0.231 e. The van der Waals surface area contributed by atoms with Crippen molar-refractivity contribution >= 4 is 11.7 Å². The molecule has 4 rings (SSSR count). The molecule has 36 heavy (non-hydrogen) atoms. The SMILES string of the molecule is C[C@](O)(CCC(=O)c1ccc(F)c(C#N)c1)c1cc2c(c(-c3ccc(F)cc3)n1)OC[C@]2(C)C(N)=O. The van der Waals surface area contributed by atoms with Gasteiger partial charge in [-0.25, -0.2) is 13.8 Å². The van der Waals surface area contributed by atoms with Gasteiger partial charge in [-0.3, -0.25) is 9.59 Å². The first-order valence-electron chi connectivity index (χ1n) is 11.2. The molecule has 0 saturated heterocycles. The summed E-state index contributed by atoms with van der Waals surface area (Å²) in [5.74, 6) is -1.87. The van der Waals surface area contributed by atoms with Crippen molar-refractivity contribution in [2.45, 2.75) is 37.7 Å². The molecule has 1 aliphatic heterocycles. The number of amides is 1. The van der Waals surface area contributed by atoms with Crippen molar-refractivity contribution in [1.82, 2.24) is 4.98 Å². The molecule has 0 bridgehead atoms. The maximum atomic E-state index is 13.6. The lowest BCUT2D eigenvalue weighted by Crippen LogP contribution is -2.40. The molecule has 7 nitrogen and oxygen atoms in total. The van der Waals surface area contributed by atoms with E-state index in [0.29, 0.717) is 22.6 Å². The van der Waals surface area contributed by atoms with Crippen LogP contribution in [0, 0.1) is 23.0 Å². The Hall–Kier alpha value is -4.16. The Morgan fingerprint density at radius 2 is 1.92 bits per heavy atom. The topological polar surface area (TPSA) is 126 Å². The first-order chi connectivity index (χ1) is 17.0. The van der Waals surface area contributed by atoms with Gasteiger partial charge in [-0.2, -0.15) is 5.26 Å². The average Bonchev–Trinajstić information content (AvgIpc) is 3.21. The summed E-state index contributed by atoms with van der Waals surface area (Å²) in [6, 6.07) is 12.3. The summed E-state index contributed by atoms with van der Waals surface area (Å²) in [7, 11) is 0. The molecule has 2 heterocycles. The van der Waals surface area contributed by atoms with Crippen LogP contribution in [0.2, 0.25) is 0 Å². The number of nitrogens with two attached hydrogens (primary N) is 1. The fraction of sp³-hybridized carbons (Fsp3) is 0.259. The van der Waals surface area contributed by atoms with Crippen molar-refractivity contribution in [3.05, 3.63) is 82.5 Å². The summed E-state index contributed by atoms with van der Waals surface area (Å²) in [4.78, 5) is 29.6. The van der Waals surface area contributed by atoms with Crippen LogP contribution in [0.1, 0.15) is 53.9 Å². The minimum Gasteiger partial charge on any atom is -0.489 e. The molecule has 3 N–H and O–H groups in total. The summed E-state index contributed by atoms with van der Waals surface area (Å²) in [5, 5.41) is 20.4. The molecular weight excluding hydrogens is 468 g/mol. The number of benzene rings is 2. The third-order valence-electron chi connectivity index (χ3n) is 6.53. The first-order valence-corrected chi connectivity index (χ1v) is 11.2. The summed E-state index contributed by atoms with van der Waals surface area (Å²) in [6.45, 7) is 3.08. The van der Waals surface area contributed by atoms with Gasteiger partial charge in [0.2, 0.25) is 5.91 Å². The normalized spacial score (nSPS) is 18.0. The number of ketones is 1. The van der Waals surface area contributed by atoms with E-state index in [1.165, 1.54) is 49.4 Å². The first kappa shape index (κ1) is 24.9. The predicted octanol–water partition coefficient (Wildman–Crippen LogP) is 3.90. The molecule has 184 valence electrons. The van der Waals surface area contributed by atoms with Crippen molar-refractivity contribution in [3.63, 3.8) is 0 Å². The number of aromatic nitrogens is 1. The molecule has 1 amide bonds. The van der Waals surface area contributed by atoms with Gasteiger partial charge in [-0.05, 0) is 68.8 Å². The highest BCUT2D eigenvalue weighted by Crippen LogP contribution is 2.45. The Morgan fingerprint density at radius 3 is 2.56 bits per heavy atom. The van der Waals surface area contributed by atoms with Crippen LogP contribution in [0.4, 0.5) is 8.78 Å². The highest BCUT2D eigenvalue weighted by molar-refractivity contribution is 5.96. The number of nitriles is 1. The third-order valence-corrected chi connectivity index (χ3v) is 6.53. The molecule has 1 aliphatic rings. The summed E-state index contributed by atoms with van der Waals surface area (Å²) in [5.41, 5.74) is 4.16. The molecule has 3 aromatic rings. The number of hydrogen-bond acceptors (Lipinski definition) is 6. The molecule has 9 heteroatoms. The van der Waals surface area contributed by atoms with Crippen LogP contribution in [-0.2, 0) is 15.8 Å². The van der Waals surface area contributed by atoms with Crippen LogP contribution in [0.15, 0.2) is 48.5 Å². The fourth-order valence-electron chi connectivity index (χ4n) is 4.08. The zero-order valence-corrected chi connectivity index (χ0v) is 19.6. The van der Waals surface area contributed by atoms with E-state index < -0.39 is 34.3 Å². The van der Waals surface area contributed by atoms with Gasteiger partial charge < -0.3 is 15.6 Å². The van der Waals surface area contributed by atoms with E-state index in [4.69, 9.17) is 15.7 Å². The van der Waals surface area contributed by atoms with Crippen molar-refractivity contribution in [2.75, 3.05) is 6.61 Å². The zero-order chi connectivity index (χ0) is 26.3. The second kappa shape index (κ2) is 9.13. The van der Waals surface area contributed by atoms with Crippen molar-refractivity contribution < 1.29 is 28.2 Å². The number of carbonyl (C=O) groups is 2. The number of nitrogens with zero attached hydrogens (tertiary/aromatic N) is 2. The minimum absolute atomic E-state index is 0.0244. The molecule has 0 aliphatic carbocycles. The monoisotopic (exact) mass is 491 g/mol. The molecule has 0 fully saturated rings. The lowest BCUT2D eigenvalue weighted by atomic mass is 9.81. The van der Waals surface area contributed by atoms with Gasteiger partial charge in [-0.1, -0.05) is 0 Å². The van der Waals surface area contributed by atoms with Crippen LogP contribution in [-0.4, -0.2) is 28.4 Å². The van der Waals surface area contributed by atoms with Crippen LogP contribution < -0.4 is 10.5 Å². The minimum atomic E-state index is -1.63. The quantitative estimate of drug-likeness (QED) is 0.483. The van der Waals surface area contributed by atoms with Crippen molar-refractivity contribution in [2.24, 2.45) is 5.73 Å². The predicted molar refractivity (Wildman–Crippen MR) is 126 cm³/mol. The second-order valence-electron chi connectivity index (χ2n) is 9.23. The highest BCUT2D eigenvalue weighted by atomic mass is 19.1. The molecule has 0 unspecified atom stereocenters. The Kier molecular flexibility index (Phi) is 6.33. The molecule has 2 aromatic carbocycles. The van der Waals surface area contributed by atoms with Crippen LogP contribution in [0.5, 0.6) is 5.75 Å². The highest BCUT2D eigenvalue weighted by Gasteiger charge is 2.45. The lowest BCUT2D eigenvalue weighted by Gasteiger charge is -2.26. The standard InChI is InChI=1S/C27H23F2N3O4/c1-26(25(31)34)14-36-24-19(26)12-22(32-23(24)15-3-6-18(28)7-4-15)27(2,35)10-9-21(33)16-5-8-20(29)17(11-16)13-30/h3-8,11-12,35H,9-10,14H2,1-2H3,(H2,31,34)/t26-,27-/m0/s1. The van der Waals surface area contributed by atoms with Gasteiger partial charge in [0.05, 0.1) is 11.3 Å². The number of aliphatic hydroxyl groups is 1. The maximum absolute atomic E-state index is 13.6. The van der Waals surface area contributed by atoms with Gasteiger partial charge in [-0.15, -0.1) is 0 Å². The van der Waals surface area contributed by atoms with Gasteiger partial charge in [0.1, 0.15) is 46.8 Å². The van der Waals surface area contributed by atoms with E-state index in [9.17, 15) is 23.5 Å². The van der Waals surface area contributed by atoms with E-state index in [0.717, 1.165) is 6.07 Å². The van der Waals surface area contributed by atoms with Gasteiger partial charge in [0.15, 0.2) is 5.78 Å². The van der Waals surface area contributed by atoms with Crippen LogP contribution >= 0.6 is 0 Å². The zero-order valence-electron chi connectivity index (χ0n) is 19.6. The molecule has 0 saturated carbocycles. The number of fused-ring (bicyclic) bond motifs is 1. The number of Topliss-reactive ketones (excluding diaryl/α,β-unsaturated/α-hetero) is 1. The van der Waals surface area contributed by atoms with E-state index in [-0.39, 0.29) is 36.3 Å². The Balaban J connectivity index is 1.71. The molecule has 0 radical (unpaired) electrons. The summed E-state index contributed by atoms with van der Waals surface area (Å²) < 4.78 is 32.9. The van der Waals surface area contributed by atoms with E-state index in [2.05, 4.69) is 4.98 Å². The molecule has 1 aromatic heterocycles. The Morgan fingerprint density at radius 1 is 1.22 bits per heavy atom. The Bertz CT molecular complexity index is 1410. The summed E-state index contributed by atoms with van der Waals surface area (Å²) >= 11 is 0. The fourth-order valence-corrected chi connectivity index (χ4v) is 4.08. The molecular formula is C27H23F2N3O4. The maximum Gasteiger partial charge on any atom is 0.231 e. The van der Waals surface area contributed by atoms with Crippen LogP contribution in [0.3, 0.4) is 0 Å². The number of hydrogen-bond donors (Lipinski definition) is 2. The largest absolute Gasteiger partial charge is 0.489 e. The number of halogens is 2. The average molecular weight is 491 g/mol. The second-order valence-corrected chi connectivity index (χ2v) is 9.23. The Labute approximate surface area is 206 Å². The lowest BCUT2D eigenvalue weighted by molar-refractivity contribution is -0.123. The van der Waals surface area contributed by atoms with Crippen molar-refractivity contribution in [1.29, 1.82) is 5.26 Å². The number of rotatable bonds is 7. The van der Waals surface area contributed by atoms with E-state index in [1.807, 2.05) is 0 Å². The molecule has 0 spiro atoms.